The van der Waals surface area contributed by atoms with Gasteiger partial charge in [-0.25, -0.2) is 0 Å². The van der Waals surface area contributed by atoms with Gasteiger partial charge in [0.1, 0.15) is 5.78 Å². The first-order valence-corrected chi connectivity index (χ1v) is 5.39. The molecule has 0 bridgehead atoms. The van der Waals surface area contributed by atoms with Crippen LogP contribution in [0, 0.1) is 0 Å². The monoisotopic (exact) mass is 214 g/mol. The summed E-state index contributed by atoms with van der Waals surface area (Å²) >= 11 is 0. The molecular formula is C10H22N4O. The Labute approximate surface area is 91.1 Å². The number of aliphatic imine (C=N–C) groups is 1. The summed E-state index contributed by atoms with van der Waals surface area (Å²) in [6.45, 7) is 2.57. The van der Waals surface area contributed by atoms with Gasteiger partial charge in [0.2, 0.25) is 0 Å². The molecule has 5 nitrogen and oxygen atoms in total. The van der Waals surface area contributed by atoms with E-state index in [9.17, 15) is 4.79 Å². The fraction of sp³-hybridized carbons (Fsp3) is 0.800. The van der Waals surface area contributed by atoms with Crippen LogP contribution in [0.5, 0.6) is 0 Å². The lowest BCUT2D eigenvalue weighted by Crippen LogP contribution is -2.25. The third-order valence-corrected chi connectivity index (χ3v) is 2.05. The van der Waals surface area contributed by atoms with E-state index in [0.29, 0.717) is 19.4 Å². The second-order valence-corrected chi connectivity index (χ2v) is 3.70. The van der Waals surface area contributed by atoms with Gasteiger partial charge < -0.3 is 17.2 Å². The lowest BCUT2D eigenvalue weighted by atomic mass is 10.0. The van der Waals surface area contributed by atoms with Crippen molar-refractivity contribution in [1.29, 1.82) is 0 Å². The molecule has 0 rings (SSSR count). The van der Waals surface area contributed by atoms with E-state index < -0.39 is 0 Å². The summed E-state index contributed by atoms with van der Waals surface area (Å²) in [4.78, 5) is 15.1. The molecule has 1 unspecified atom stereocenters. The number of nitrogens with two attached hydrogens (primary N) is 3. The lowest BCUT2D eigenvalue weighted by molar-refractivity contribution is -0.119. The molecule has 0 spiro atoms. The summed E-state index contributed by atoms with van der Waals surface area (Å²) in [5.74, 6) is 0.345. The predicted octanol–water partition coefficient (Wildman–Crippen LogP) is 0.127. The van der Waals surface area contributed by atoms with Crippen LogP contribution in [0.1, 0.15) is 39.0 Å². The van der Waals surface area contributed by atoms with Crippen LogP contribution < -0.4 is 17.2 Å². The van der Waals surface area contributed by atoms with Crippen molar-refractivity contribution in [2.24, 2.45) is 22.2 Å². The van der Waals surface area contributed by atoms with E-state index in [-0.39, 0.29) is 17.8 Å². The van der Waals surface area contributed by atoms with Gasteiger partial charge in [0, 0.05) is 25.4 Å². The first kappa shape index (κ1) is 13.9. The summed E-state index contributed by atoms with van der Waals surface area (Å²) in [5.41, 5.74) is 16.1. The zero-order valence-corrected chi connectivity index (χ0v) is 9.41. The van der Waals surface area contributed by atoms with Crippen molar-refractivity contribution in [3.63, 3.8) is 0 Å². The van der Waals surface area contributed by atoms with Gasteiger partial charge in [-0.2, -0.15) is 0 Å². The fourth-order valence-corrected chi connectivity index (χ4v) is 1.34. The minimum Gasteiger partial charge on any atom is -0.370 e. The van der Waals surface area contributed by atoms with Gasteiger partial charge in [0.05, 0.1) is 0 Å². The average molecular weight is 214 g/mol. The van der Waals surface area contributed by atoms with Gasteiger partial charge in [-0.1, -0.05) is 6.92 Å². The predicted molar refractivity (Wildman–Crippen MR) is 62.4 cm³/mol. The molecule has 5 heteroatoms. The van der Waals surface area contributed by atoms with Gasteiger partial charge in [-0.3, -0.25) is 9.79 Å². The van der Waals surface area contributed by atoms with Gasteiger partial charge in [-0.05, 0) is 19.3 Å². The minimum absolute atomic E-state index is 0.0572. The molecule has 0 amide bonds. The highest BCUT2D eigenvalue weighted by molar-refractivity contribution is 5.78. The van der Waals surface area contributed by atoms with Crippen molar-refractivity contribution in [2.45, 2.75) is 45.1 Å². The number of carbonyl (C=O) groups excluding carboxylic acids is 1. The van der Waals surface area contributed by atoms with E-state index in [0.717, 1.165) is 19.3 Å². The summed E-state index contributed by atoms with van der Waals surface area (Å²) in [6.07, 6.45) is 3.58. The van der Waals surface area contributed by atoms with Crippen molar-refractivity contribution < 1.29 is 4.79 Å². The molecule has 0 aromatic rings. The first-order chi connectivity index (χ1) is 7.06. The molecular weight excluding hydrogens is 192 g/mol. The molecule has 0 fully saturated rings. The maximum atomic E-state index is 11.2. The molecule has 1 atom stereocenters. The Morgan fingerprint density at radius 2 is 2.07 bits per heavy atom. The van der Waals surface area contributed by atoms with Crippen LogP contribution in [0.25, 0.3) is 0 Å². The number of ketones is 1. The number of rotatable bonds is 8. The highest BCUT2D eigenvalue weighted by Crippen LogP contribution is 2.03. The lowest BCUT2D eigenvalue weighted by Gasteiger charge is -2.09. The smallest absolute Gasteiger partial charge is 0.185 e. The third-order valence-electron chi connectivity index (χ3n) is 2.05. The molecule has 15 heavy (non-hydrogen) atoms. The molecule has 0 saturated carbocycles. The van der Waals surface area contributed by atoms with Crippen LogP contribution in [-0.4, -0.2) is 24.3 Å². The Balaban J connectivity index is 3.53. The van der Waals surface area contributed by atoms with Crippen LogP contribution in [0.15, 0.2) is 4.99 Å². The van der Waals surface area contributed by atoms with Crippen LogP contribution in [0.4, 0.5) is 0 Å². The SMILES string of the molecule is CCCC(=O)CC(N)CCCN=C(N)N. The quantitative estimate of drug-likeness (QED) is 0.303. The molecule has 0 radical (unpaired) electrons. The molecule has 0 aliphatic carbocycles. The molecule has 0 aromatic heterocycles. The Morgan fingerprint density at radius 3 is 2.60 bits per heavy atom. The summed E-state index contributed by atoms with van der Waals surface area (Å²) in [7, 11) is 0. The molecule has 0 aliphatic heterocycles. The van der Waals surface area contributed by atoms with Crippen molar-refractivity contribution >= 4 is 11.7 Å². The van der Waals surface area contributed by atoms with E-state index in [2.05, 4.69) is 4.99 Å². The van der Waals surface area contributed by atoms with Crippen LogP contribution in [0.2, 0.25) is 0 Å². The third kappa shape index (κ3) is 9.21. The number of hydrogen-bond acceptors (Lipinski definition) is 3. The van der Waals surface area contributed by atoms with E-state index in [1.807, 2.05) is 6.92 Å². The number of guanidine groups is 1. The summed E-state index contributed by atoms with van der Waals surface area (Å²) < 4.78 is 0. The molecule has 0 aliphatic rings. The van der Waals surface area contributed by atoms with Crippen molar-refractivity contribution in [2.75, 3.05) is 6.54 Å². The minimum atomic E-state index is -0.0572. The zero-order chi connectivity index (χ0) is 11.7. The number of nitrogens with zero attached hydrogens (tertiary/aromatic N) is 1. The summed E-state index contributed by atoms with van der Waals surface area (Å²) in [5, 5.41) is 0. The normalized spacial score (nSPS) is 12.1. The molecule has 0 saturated heterocycles. The van der Waals surface area contributed by atoms with E-state index in [1.54, 1.807) is 0 Å². The van der Waals surface area contributed by atoms with Crippen LogP contribution in [0.3, 0.4) is 0 Å². The van der Waals surface area contributed by atoms with Crippen LogP contribution >= 0.6 is 0 Å². The first-order valence-electron chi connectivity index (χ1n) is 5.39. The maximum absolute atomic E-state index is 11.2. The Bertz CT molecular complexity index is 211. The van der Waals surface area contributed by atoms with Gasteiger partial charge >= 0.3 is 0 Å². The van der Waals surface area contributed by atoms with E-state index in [1.165, 1.54) is 0 Å². The van der Waals surface area contributed by atoms with Gasteiger partial charge in [0.25, 0.3) is 0 Å². The molecule has 88 valence electrons. The second-order valence-electron chi connectivity index (χ2n) is 3.70. The van der Waals surface area contributed by atoms with Crippen molar-refractivity contribution in [3.8, 4) is 0 Å². The second kappa shape index (κ2) is 8.23. The van der Waals surface area contributed by atoms with Crippen molar-refractivity contribution in [3.05, 3.63) is 0 Å². The van der Waals surface area contributed by atoms with Gasteiger partial charge in [0.15, 0.2) is 5.96 Å². The van der Waals surface area contributed by atoms with E-state index >= 15 is 0 Å². The molecule has 0 aromatic carbocycles. The zero-order valence-electron chi connectivity index (χ0n) is 9.41. The largest absolute Gasteiger partial charge is 0.370 e. The Kier molecular flexibility index (Phi) is 7.62. The molecule has 6 N–H and O–H groups in total. The topological polar surface area (TPSA) is 107 Å². The fourth-order valence-electron chi connectivity index (χ4n) is 1.34. The van der Waals surface area contributed by atoms with Gasteiger partial charge in [-0.15, -0.1) is 0 Å². The Hall–Kier alpha value is -1.10. The Morgan fingerprint density at radius 1 is 1.40 bits per heavy atom. The maximum Gasteiger partial charge on any atom is 0.185 e. The number of Topliss-reactive ketones (excluding diaryl/α,β-unsaturated/α-hetero) is 1. The standard InChI is InChI=1S/C10H22N4O/c1-2-4-9(15)7-8(11)5-3-6-14-10(12)13/h8H,2-7,11H2,1H3,(H4,12,13,14). The van der Waals surface area contributed by atoms with Crippen LogP contribution in [-0.2, 0) is 4.79 Å². The highest BCUT2D eigenvalue weighted by atomic mass is 16.1. The van der Waals surface area contributed by atoms with Crippen molar-refractivity contribution in [1.82, 2.24) is 0 Å². The molecule has 0 heterocycles. The summed E-state index contributed by atoms with van der Waals surface area (Å²) in [6, 6.07) is -0.0572. The number of carbonyl (C=O) groups is 1. The van der Waals surface area contributed by atoms with E-state index in [4.69, 9.17) is 17.2 Å². The number of hydrogen-bond donors (Lipinski definition) is 3. The average Bonchev–Trinajstić information content (AvgIpc) is 2.12. The highest BCUT2D eigenvalue weighted by Gasteiger charge is 2.07.